The maximum atomic E-state index is 5.68. The van der Waals surface area contributed by atoms with E-state index in [1.807, 2.05) is 6.92 Å². The normalized spacial score (nSPS) is 18.1. The number of rotatable bonds is 7. The van der Waals surface area contributed by atoms with Gasteiger partial charge in [-0.2, -0.15) is 0 Å². The fourth-order valence-corrected chi connectivity index (χ4v) is 3.08. The maximum absolute atomic E-state index is 5.68. The largest absolute Gasteiger partial charge is 0.494 e. The van der Waals surface area contributed by atoms with Gasteiger partial charge in [-0.3, -0.25) is 4.90 Å². The molecule has 0 spiro atoms. The van der Waals surface area contributed by atoms with Gasteiger partial charge in [0.25, 0.3) is 0 Å². The molecule has 20 heavy (non-hydrogen) atoms. The summed E-state index contributed by atoms with van der Waals surface area (Å²) in [6, 6.07) is 7.05. The average Bonchev–Trinajstić information content (AvgIpc) is 2.47. The minimum atomic E-state index is 0.485. The van der Waals surface area contributed by atoms with Crippen LogP contribution in [0.3, 0.4) is 0 Å². The Kier molecular flexibility index (Phi) is 5.86. The minimum Gasteiger partial charge on any atom is -0.494 e. The molecule has 1 aliphatic rings. The standard InChI is InChI=1S/C17H28N2O/c1-4-9-19(10-5-2)17-13-18-12-14-7-8-15(20-6-3)11-16(14)17/h7-8,11,17-18H,4-6,9-10,12-13H2,1-3H3/t17-/m1/s1. The first-order valence-electron chi connectivity index (χ1n) is 8.00. The van der Waals surface area contributed by atoms with Crippen LogP contribution in [-0.4, -0.2) is 31.1 Å². The lowest BCUT2D eigenvalue weighted by atomic mass is 9.94. The van der Waals surface area contributed by atoms with Crippen molar-refractivity contribution in [3.8, 4) is 5.75 Å². The average molecular weight is 276 g/mol. The third-order valence-electron chi connectivity index (χ3n) is 3.90. The van der Waals surface area contributed by atoms with Crippen LogP contribution < -0.4 is 10.1 Å². The Morgan fingerprint density at radius 2 is 1.95 bits per heavy atom. The molecule has 1 heterocycles. The topological polar surface area (TPSA) is 24.5 Å². The maximum Gasteiger partial charge on any atom is 0.119 e. The Morgan fingerprint density at radius 3 is 2.60 bits per heavy atom. The van der Waals surface area contributed by atoms with Crippen molar-refractivity contribution in [3.05, 3.63) is 29.3 Å². The fourth-order valence-electron chi connectivity index (χ4n) is 3.08. The molecular weight excluding hydrogens is 248 g/mol. The zero-order valence-corrected chi connectivity index (χ0v) is 13.1. The van der Waals surface area contributed by atoms with Crippen LogP contribution in [0, 0.1) is 0 Å². The van der Waals surface area contributed by atoms with Crippen LogP contribution in [0.1, 0.15) is 50.8 Å². The van der Waals surface area contributed by atoms with Gasteiger partial charge in [-0.25, -0.2) is 0 Å². The molecule has 0 fully saturated rings. The van der Waals surface area contributed by atoms with Crippen molar-refractivity contribution in [1.29, 1.82) is 0 Å². The molecule has 2 rings (SSSR count). The predicted molar refractivity (Wildman–Crippen MR) is 84.2 cm³/mol. The van der Waals surface area contributed by atoms with Crippen molar-refractivity contribution >= 4 is 0 Å². The van der Waals surface area contributed by atoms with Crippen LogP contribution >= 0.6 is 0 Å². The van der Waals surface area contributed by atoms with E-state index in [2.05, 4.69) is 42.3 Å². The van der Waals surface area contributed by atoms with Gasteiger partial charge in [0, 0.05) is 19.1 Å². The summed E-state index contributed by atoms with van der Waals surface area (Å²) in [6.07, 6.45) is 2.41. The van der Waals surface area contributed by atoms with Crippen LogP contribution in [0.15, 0.2) is 18.2 Å². The molecule has 0 aromatic heterocycles. The second kappa shape index (κ2) is 7.65. The molecule has 3 heteroatoms. The van der Waals surface area contributed by atoms with Gasteiger partial charge in [-0.05, 0) is 56.1 Å². The molecular formula is C17H28N2O. The second-order valence-electron chi connectivity index (χ2n) is 5.48. The Morgan fingerprint density at radius 1 is 1.20 bits per heavy atom. The molecule has 0 saturated carbocycles. The van der Waals surface area contributed by atoms with E-state index in [1.165, 1.54) is 37.1 Å². The first-order valence-corrected chi connectivity index (χ1v) is 8.00. The van der Waals surface area contributed by atoms with Gasteiger partial charge in [0.2, 0.25) is 0 Å². The fraction of sp³-hybridized carbons (Fsp3) is 0.647. The van der Waals surface area contributed by atoms with Gasteiger partial charge in [-0.15, -0.1) is 0 Å². The number of fused-ring (bicyclic) bond motifs is 1. The Balaban J connectivity index is 2.26. The molecule has 112 valence electrons. The number of hydrogen-bond acceptors (Lipinski definition) is 3. The summed E-state index contributed by atoms with van der Waals surface area (Å²) in [6.45, 7) is 11.6. The Hall–Kier alpha value is -1.06. The van der Waals surface area contributed by atoms with E-state index < -0.39 is 0 Å². The molecule has 0 unspecified atom stereocenters. The highest BCUT2D eigenvalue weighted by molar-refractivity contribution is 5.39. The van der Waals surface area contributed by atoms with Gasteiger partial charge < -0.3 is 10.1 Å². The third-order valence-corrected chi connectivity index (χ3v) is 3.90. The van der Waals surface area contributed by atoms with E-state index in [0.29, 0.717) is 6.04 Å². The van der Waals surface area contributed by atoms with E-state index in [1.54, 1.807) is 0 Å². The highest BCUT2D eigenvalue weighted by Crippen LogP contribution is 2.30. The molecule has 0 amide bonds. The third kappa shape index (κ3) is 3.53. The van der Waals surface area contributed by atoms with Crippen molar-refractivity contribution in [3.63, 3.8) is 0 Å². The molecule has 1 aliphatic heterocycles. The molecule has 0 saturated heterocycles. The molecule has 1 atom stereocenters. The van der Waals surface area contributed by atoms with Crippen molar-refractivity contribution in [2.75, 3.05) is 26.2 Å². The number of ether oxygens (including phenoxy) is 1. The summed E-state index contributed by atoms with van der Waals surface area (Å²) < 4.78 is 5.68. The molecule has 0 radical (unpaired) electrons. The number of benzene rings is 1. The van der Waals surface area contributed by atoms with E-state index in [4.69, 9.17) is 4.74 Å². The van der Waals surface area contributed by atoms with Crippen LogP contribution in [0.25, 0.3) is 0 Å². The minimum absolute atomic E-state index is 0.485. The van der Waals surface area contributed by atoms with Crippen molar-refractivity contribution < 1.29 is 4.74 Å². The summed E-state index contributed by atoms with van der Waals surface area (Å²) >= 11 is 0. The van der Waals surface area contributed by atoms with Crippen molar-refractivity contribution in [2.45, 2.75) is 46.2 Å². The SMILES string of the molecule is CCCN(CCC)[C@@H]1CNCc2ccc(OCC)cc21. The molecule has 3 nitrogen and oxygen atoms in total. The number of nitrogens with zero attached hydrogens (tertiary/aromatic N) is 1. The van der Waals surface area contributed by atoms with E-state index in [0.717, 1.165) is 25.4 Å². The van der Waals surface area contributed by atoms with Gasteiger partial charge >= 0.3 is 0 Å². The zero-order valence-electron chi connectivity index (χ0n) is 13.1. The van der Waals surface area contributed by atoms with Crippen LogP contribution in [0.2, 0.25) is 0 Å². The lowest BCUT2D eigenvalue weighted by molar-refractivity contribution is 0.184. The summed E-state index contributed by atoms with van der Waals surface area (Å²) in [4.78, 5) is 2.61. The monoisotopic (exact) mass is 276 g/mol. The lowest BCUT2D eigenvalue weighted by Gasteiger charge is -2.36. The van der Waals surface area contributed by atoms with Gasteiger partial charge in [0.05, 0.1) is 6.61 Å². The van der Waals surface area contributed by atoms with Crippen molar-refractivity contribution in [1.82, 2.24) is 10.2 Å². The molecule has 1 aromatic carbocycles. The molecule has 1 aromatic rings. The van der Waals surface area contributed by atoms with E-state index >= 15 is 0 Å². The first-order chi connectivity index (χ1) is 9.80. The van der Waals surface area contributed by atoms with Crippen LogP contribution in [0.5, 0.6) is 5.75 Å². The van der Waals surface area contributed by atoms with E-state index in [-0.39, 0.29) is 0 Å². The number of nitrogens with one attached hydrogen (secondary N) is 1. The predicted octanol–water partition coefficient (Wildman–Crippen LogP) is 3.35. The lowest BCUT2D eigenvalue weighted by Crippen LogP contribution is -2.40. The summed E-state index contributed by atoms with van der Waals surface area (Å²) in [7, 11) is 0. The van der Waals surface area contributed by atoms with Crippen LogP contribution in [0.4, 0.5) is 0 Å². The highest BCUT2D eigenvalue weighted by Gasteiger charge is 2.25. The van der Waals surface area contributed by atoms with Crippen molar-refractivity contribution in [2.24, 2.45) is 0 Å². The quantitative estimate of drug-likeness (QED) is 0.826. The zero-order chi connectivity index (χ0) is 14.4. The molecule has 0 bridgehead atoms. The smallest absolute Gasteiger partial charge is 0.119 e. The summed E-state index contributed by atoms with van der Waals surface area (Å²) in [5.74, 6) is 1.01. The van der Waals surface area contributed by atoms with Crippen LogP contribution in [-0.2, 0) is 6.54 Å². The van der Waals surface area contributed by atoms with Gasteiger partial charge in [-0.1, -0.05) is 19.9 Å². The first kappa shape index (κ1) is 15.3. The Bertz CT molecular complexity index is 413. The Labute approximate surface area is 123 Å². The second-order valence-corrected chi connectivity index (χ2v) is 5.48. The number of hydrogen-bond donors (Lipinski definition) is 1. The van der Waals surface area contributed by atoms with Gasteiger partial charge in [0.1, 0.15) is 5.75 Å². The summed E-state index contributed by atoms with van der Waals surface area (Å²) in [5.41, 5.74) is 2.87. The highest BCUT2D eigenvalue weighted by atomic mass is 16.5. The summed E-state index contributed by atoms with van der Waals surface area (Å²) in [5, 5.41) is 3.56. The van der Waals surface area contributed by atoms with Gasteiger partial charge in [0.15, 0.2) is 0 Å². The molecule has 0 aliphatic carbocycles. The van der Waals surface area contributed by atoms with E-state index in [9.17, 15) is 0 Å². The molecule has 1 N–H and O–H groups in total.